The standard InChI is InChI=1S/C20H21N3O3S/c1-13-21-18(16-11-17(20(24)25-2)27-19(16)22-13)15-5-3-14(4-6-15)12-23-7-9-26-10-8-23/h3-6,11H,7-10,12H2,1-2H3. The summed E-state index contributed by atoms with van der Waals surface area (Å²) in [5, 5.41) is 0.881. The third kappa shape index (κ3) is 3.85. The lowest BCUT2D eigenvalue weighted by molar-refractivity contribution is 0.0342. The number of benzene rings is 1. The van der Waals surface area contributed by atoms with E-state index in [-0.39, 0.29) is 5.97 Å². The van der Waals surface area contributed by atoms with Crippen molar-refractivity contribution in [2.45, 2.75) is 13.5 Å². The van der Waals surface area contributed by atoms with E-state index in [1.54, 1.807) is 0 Å². The molecule has 3 heterocycles. The number of carbonyl (C=O) groups is 1. The van der Waals surface area contributed by atoms with Crippen molar-refractivity contribution >= 4 is 27.5 Å². The van der Waals surface area contributed by atoms with Crippen LogP contribution in [0, 0.1) is 6.92 Å². The van der Waals surface area contributed by atoms with Crippen molar-refractivity contribution in [3.8, 4) is 11.3 Å². The first-order chi connectivity index (χ1) is 13.1. The molecule has 0 unspecified atom stereocenters. The van der Waals surface area contributed by atoms with Crippen LogP contribution in [-0.2, 0) is 16.0 Å². The second-order valence-electron chi connectivity index (χ2n) is 6.53. The van der Waals surface area contributed by atoms with Crippen LogP contribution in [0.25, 0.3) is 21.5 Å². The van der Waals surface area contributed by atoms with Crippen LogP contribution in [0.4, 0.5) is 0 Å². The van der Waals surface area contributed by atoms with Gasteiger partial charge in [0.15, 0.2) is 0 Å². The lowest BCUT2D eigenvalue weighted by Crippen LogP contribution is -2.35. The highest BCUT2D eigenvalue weighted by molar-refractivity contribution is 7.20. The number of thiophene rings is 1. The average molecular weight is 383 g/mol. The molecule has 0 amide bonds. The number of aryl methyl sites for hydroxylation is 1. The molecule has 0 saturated carbocycles. The number of rotatable bonds is 4. The number of esters is 1. The second-order valence-corrected chi connectivity index (χ2v) is 7.56. The molecule has 0 radical (unpaired) electrons. The van der Waals surface area contributed by atoms with E-state index >= 15 is 0 Å². The maximum atomic E-state index is 11.9. The molecule has 1 aromatic carbocycles. The molecule has 140 valence electrons. The topological polar surface area (TPSA) is 64.5 Å². The van der Waals surface area contributed by atoms with Crippen molar-refractivity contribution < 1.29 is 14.3 Å². The molecule has 6 nitrogen and oxygen atoms in total. The van der Waals surface area contributed by atoms with Gasteiger partial charge in [-0.1, -0.05) is 24.3 Å². The Bertz CT molecular complexity index is 963. The second kappa shape index (κ2) is 7.72. The molecule has 0 atom stereocenters. The number of fused-ring (bicyclic) bond motifs is 1. The van der Waals surface area contributed by atoms with Gasteiger partial charge in [0.05, 0.1) is 26.0 Å². The van der Waals surface area contributed by atoms with E-state index in [2.05, 4.69) is 39.1 Å². The monoisotopic (exact) mass is 383 g/mol. The number of carbonyl (C=O) groups excluding carboxylic acids is 1. The van der Waals surface area contributed by atoms with E-state index in [1.165, 1.54) is 24.0 Å². The number of hydrogen-bond acceptors (Lipinski definition) is 7. The molecule has 27 heavy (non-hydrogen) atoms. The summed E-state index contributed by atoms with van der Waals surface area (Å²) in [6, 6.07) is 10.3. The largest absolute Gasteiger partial charge is 0.465 e. The molecular formula is C20H21N3O3S. The van der Waals surface area contributed by atoms with Crippen molar-refractivity contribution in [1.82, 2.24) is 14.9 Å². The van der Waals surface area contributed by atoms with Crippen molar-refractivity contribution in [2.24, 2.45) is 0 Å². The van der Waals surface area contributed by atoms with E-state index in [4.69, 9.17) is 9.47 Å². The van der Waals surface area contributed by atoms with Crippen LogP contribution < -0.4 is 0 Å². The van der Waals surface area contributed by atoms with Gasteiger partial charge in [0, 0.05) is 30.6 Å². The first-order valence-electron chi connectivity index (χ1n) is 8.90. The van der Waals surface area contributed by atoms with Crippen molar-refractivity contribution in [1.29, 1.82) is 0 Å². The van der Waals surface area contributed by atoms with E-state index in [0.29, 0.717) is 10.7 Å². The highest BCUT2D eigenvalue weighted by Gasteiger charge is 2.17. The summed E-state index contributed by atoms with van der Waals surface area (Å²) in [5.41, 5.74) is 3.13. The SMILES string of the molecule is COC(=O)c1cc2c(-c3ccc(CN4CCOCC4)cc3)nc(C)nc2s1. The van der Waals surface area contributed by atoms with E-state index in [1.807, 2.05) is 13.0 Å². The number of methoxy groups -OCH3 is 1. The van der Waals surface area contributed by atoms with Crippen LogP contribution in [0.2, 0.25) is 0 Å². The van der Waals surface area contributed by atoms with Crippen LogP contribution >= 0.6 is 11.3 Å². The third-order valence-corrected chi connectivity index (χ3v) is 5.64. The number of hydrogen-bond donors (Lipinski definition) is 0. The molecule has 3 aromatic rings. The zero-order valence-electron chi connectivity index (χ0n) is 15.4. The predicted octanol–water partition coefficient (Wildman–Crippen LogP) is 3.29. The minimum Gasteiger partial charge on any atom is -0.465 e. The maximum absolute atomic E-state index is 11.9. The smallest absolute Gasteiger partial charge is 0.348 e. The summed E-state index contributed by atoms with van der Waals surface area (Å²) in [6.07, 6.45) is 0. The quantitative estimate of drug-likeness (QED) is 0.644. The molecule has 1 aliphatic rings. The highest BCUT2D eigenvalue weighted by Crippen LogP contribution is 2.32. The van der Waals surface area contributed by atoms with Crippen LogP contribution in [0.5, 0.6) is 0 Å². The van der Waals surface area contributed by atoms with Crippen LogP contribution in [0.3, 0.4) is 0 Å². The Hall–Kier alpha value is -2.35. The van der Waals surface area contributed by atoms with E-state index < -0.39 is 0 Å². The van der Waals surface area contributed by atoms with Gasteiger partial charge in [-0.05, 0) is 18.6 Å². The summed E-state index contributed by atoms with van der Waals surface area (Å²) >= 11 is 1.34. The molecule has 4 rings (SSSR count). The van der Waals surface area contributed by atoms with E-state index in [0.717, 1.165) is 54.3 Å². The Morgan fingerprint density at radius 2 is 1.96 bits per heavy atom. The summed E-state index contributed by atoms with van der Waals surface area (Å²) < 4.78 is 10.2. The third-order valence-electron chi connectivity index (χ3n) is 4.63. The maximum Gasteiger partial charge on any atom is 0.348 e. The number of ether oxygens (including phenoxy) is 2. The van der Waals surface area contributed by atoms with Gasteiger partial charge < -0.3 is 9.47 Å². The minimum atomic E-state index is -0.345. The molecule has 0 N–H and O–H groups in total. The van der Waals surface area contributed by atoms with E-state index in [9.17, 15) is 4.79 Å². The van der Waals surface area contributed by atoms with Gasteiger partial charge in [-0.2, -0.15) is 0 Å². The van der Waals surface area contributed by atoms with Gasteiger partial charge in [0.25, 0.3) is 0 Å². The van der Waals surface area contributed by atoms with Crippen molar-refractivity contribution in [3.63, 3.8) is 0 Å². The Labute approximate surface area is 161 Å². The van der Waals surface area contributed by atoms with Crippen LogP contribution in [-0.4, -0.2) is 54.3 Å². The van der Waals surface area contributed by atoms with Crippen LogP contribution in [0.15, 0.2) is 30.3 Å². The molecule has 1 aliphatic heterocycles. The fraction of sp³-hybridized carbons (Fsp3) is 0.350. The lowest BCUT2D eigenvalue weighted by atomic mass is 10.1. The summed E-state index contributed by atoms with van der Waals surface area (Å²) in [7, 11) is 1.39. The Kier molecular flexibility index (Phi) is 5.15. The first-order valence-corrected chi connectivity index (χ1v) is 9.71. The fourth-order valence-corrected chi connectivity index (χ4v) is 4.23. The van der Waals surface area contributed by atoms with Crippen molar-refractivity contribution in [2.75, 3.05) is 33.4 Å². The zero-order valence-corrected chi connectivity index (χ0v) is 16.2. The normalized spacial score (nSPS) is 15.2. The first kappa shape index (κ1) is 18.0. The molecule has 0 aliphatic carbocycles. The summed E-state index contributed by atoms with van der Waals surface area (Å²) in [4.78, 5) is 24.7. The fourth-order valence-electron chi connectivity index (χ4n) is 3.23. The molecular weight excluding hydrogens is 362 g/mol. The van der Waals surface area contributed by atoms with Crippen molar-refractivity contribution in [3.05, 3.63) is 46.6 Å². The molecule has 1 fully saturated rings. The van der Waals surface area contributed by atoms with Gasteiger partial charge in [-0.3, -0.25) is 4.90 Å². The summed E-state index contributed by atoms with van der Waals surface area (Å²) in [6.45, 7) is 6.34. The van der Waals surface area contributed by atoms with Gasteiger partial charge >= 0.3 is 5.97 Å². The average Bonchev–Trinajstić information content (AvgIpc) is 3.12. The molecule has 0 bridgehead atoms. The predicted molar refractivity (Wildman–Crippen MR) is 105 cm³/mol. The molecule has 1 saturated heterocycles. The lowest BCUT2D eigenvalue weighted by Gasteiger charge is -2.26. The summed E-state index contributed by atoms with van der Waals surface area (Å²) in [5.74, 6) is 0.343. The Morgan fingerprint density at radius 3 is 2.67 bits per heavy atom. The number of nitrogens with zero attached hydrogens (tertiary/aromatic N) is 3. The molecule has 7 heteroatoms. The van der Waals surface area contributed by atoms with Crippen LogP contribution in [0.1, 0.15) is 21.1 Å². The van der Waals surface area contributed by atoms with Gasteiger partial charge in [-0.25, -0.2) is 14.8 Å². The Balaban J connectivity index is 1.64. The zero-order chi connectivity index (χ0) is 18.8. The highest BCUT2D eigenvalue weighted by atomic mass is 32.1. The van der Waals surface area contributed by atoms with Gasteiger partial charge in [0.1, 0.15) is 15.5 Å². The minimum absolute atomic E-state index is 0.345. The number of aromatic nitrogens is 2. The molecule has 2 aromatic heterocycles. The van der Waals surface area contributed by atoms with Gasteiger partial charge in [-0.15, -0.1) is 11.3 Å². The Morgan fingerprint density at radius 1 is 1.22 bits per heavy atom. The molecule has 0 spiro atoms. The number of morpholine rings is 1. The van der Waals surface area contributed by atoms with Gasteiger partial charge in [0.2, 0.25) is 0 Å².